The quantitative estimate of drug-likeness (QED) is 0.318. The summed E-state index contributed by atoms with van der Waals surface area (Å²) in [7, 11) is 0. The summed E-state index contributed by atoms with van der Waals surface area (Å²) in [6.07, 6.45) is 4.99. The summed E-state index contributed by atoms with van der Waals surface area (Å²) < 4.78 is 1.81. The molecule has 0 aliphatic rings. The largest absolute Gasteiger partial charge is 0.220 e. The lowest BCUT2D eigenvalue weighted by Crippen LogP contribution is -2.02. The molecule has 28 heavy (non-hydrogen) atoms. The number of nitrogens with zero attached hydrogens (tertiary/aromatic N) is 7. The fourth-order valence-electron chi connectivity index (χ4n) is 2.76. The molecule has 8 heteroatoms. The van der Waals surface area contributed by atoms with Gasteiger partial charge in [-0.3, -0.25) is 0 Å². The van der Waals surface area contributed by atoms with Crippen LogP contribution < -0.4 is 0 Å². The second kappa shape index (κ2) is 9.27. The van der Waals surface area contributed by atoms with Crippen molar-refractivity contribution in [3.05, 3.63) is 67.0 Å². The first kappa shape index (κ1) is 18.4. The minimum atomic E-state index is 0.677. The molecular weight excluding hydrogens is 370 g/mol. The molecule has 0 radical (unpaired) electrons. The van der Waals surface area contributed by atoms with Gasteiger partial charge < -0.3 is 0 Å². The Balaban J connectivity index is 1.16. The van der Waals surface area contributed by atoms with Crippen molar-refractivity contribution in [3.63, 3.8) is 0 Å². The van der Waals surface area contributed by atoms with Gasteiger partial charge in [0.05, 0.1) is 12.2 Å². The molecule has 0 spiro atoms. The van der Waals surface area contributed by atoms with Gasteiger partial charge in [-0.05, 0) is 30.2 Å². The van der Waals surface area contributed by atoms with Crippen LogP contribution in [0, 0.1) is 0 Å². The minimum Gasteiger partial charge on any atom is -0.220 e. The summed E-state index contributed by atoms with van der Waals surface area (Å²) >= 11 is 1.69. The zero-order valence-corrected chi connectivity index (χ0v) is 16.2. The first-order valence-electron chi connectivity index (χ1n) is 9.31. The third-order valence-electron chi connectivity index (χ3n) is 4.21. The second-order valence-corrected chi connectivity index (χ2v) is 7.35. The molecule has 0 aliphatic heterocycles. The van der Waals surface area contributed by atoms with Crippen LogP contribution in [0.25, 0.3) is 17.1 Å². The third-order valence-corrected chi connectivity index (χ3v) is 5.15. The zero-order valence-electron chi connectivity index (χ0n) is 15.4. The van der Waals surface area contributed by atoms with Crippen LogP contribution in [-0.2, 0) is 6.54 Å². The highest BCUT2D eigenvalue weighted by molar-refractivity contribution is 7.99. The average molecular weight is 392 g/mol. The maximum Gasteiger partial charge on any atom is 0.208 e. The van der Waals surface area contributed by atoms with E-state index < -0.39 is 0 Å². The van der Waals surface area contributed by atoms with Crippen LogP contribution in [-0.4, -0.2) is 40.7 Å². The van der Waals surface area contributed by atoms with Crippen LogP contribution in [0.5, 0.6) is 0 Å². The molecule has 0 bridgehead atoms. The van der Waals surface area contributed by atoms with E-state index in [-0.39, 0.29) is 0 Å². The lowest BCUT2D eigenvalue weighted by atomic mass is 10.2. The van der Waals surface area contributed by atoms with Gasteiger partial charge in [-0.2, -0.15) is 4.80 Å². The van der Waals surface area contributed by atoms with Crippen LogP contribution in [0.1, 0.15) is 19.3 Å². The molecule has 7 nitrogen and oxygen atoms in total. The molecule has 0 atom stereocenters. The smallest absolute Gasteiger partial charge is 0.208 e. The van der Waals surface area contributed by atoms with E-state index in [0.717, 1.165) is 48.0 Å². The van der Waals surface area contributed by atoms with Crippen molar-refractivity contribution in [1.82, 2.24) is 35.0 Å². The summed E-state index contributed by atoms with van der Waals surface area (Å²) in [5.74, 6) is 1.68. The Hall–Kier alpha value is -3.00. The molecule has 0 aliphatic carbocycles. The molecule has 0 N–H and O–H groups in total. The molecule has 0 unspecified atom stereocenters. The van der Waals surface area contributed by atoms with E-state index in [0.29, 0.717) is 5.82 Å². The predicted molar refractivity (Wildman–Crippen MR) is 109 cm³/mol. The summed E-state index contributed by atoms with van der Waals surface area (Å²) in [4.78, 5) is 6.05. The number of para-hydroxylation sites is 1. The topological polar surface area (TPSA) is 74.3 Å². The van der Waals surface area contributed by atoms with E-state index in [9.17, 15) is 0 Å². The van der Waals surface area contributed by atoms with Gasteiger partial charge in [0, 0.05) is 11.3 Å². The highest BCUT2D eigenvalue weighted by Crippen LogP contribution is 2.16. The standard InChI is InChI=1S/C20H21N7S/c1-4-10-17(11-5-1)19-22-25-27(23-19)14-8-3-9-15-28-20-21-16-26(24-20)18-12-6-2-7-13-18/h1-2,4-7,10-13,16H,3,8-9,14-15H2. The zero-order chi connectivity index (χ0) is 19.0. The Morgan fingerprint density at radius 3 is 2.43 bits per heavy atom. The lowest BCUT2D eigenvalue weighted by molar-refractivity contribution is 0.487. The maximum absolute atomic E-state index is 4.51. The number of rotatable bonds is 9. The Morgan fingerprint density at radius 1 is 0.821 bits per heavy atom. The highest BCUT2D eigenvalue weighted by atomic mass is 32.2. The molecule has 2 aromatic carbocycles. The van der Waals surface area contributed by atoms with Crippen LogP contribution in [0.4, 0.5) is 0 Å². The Labute approximate surface area is 167 Å². The van der Waals surface area contributed by atoms with Crippen molar-refractivity contribution in [2.45, 2.75) is 31.0 Å². The van der Waals surface area contributed by atoms with Gasteiger partial charge in [0.25, 0.3) is 0 Å². The number of tetrazole rings is 1. The van der Waals surface area contributed by atoms with E-state index in [1.54, 1.807) is 22.9 Å². The summed E-state index contributed by atoms with van der Waals surface area (Å²) in [5, 5.41) is 18.0. The van der Waals surface area contributed by atoms with Crippen LogP contribution in [0.15, 0.2) is 72.1 Å². The number of aromatic nitrogens is 7. The first-order valence-corrected chi connectivity index (χ1v) is 10.3. The molecular formula is C20H21N7S. The number of hydrogen-bond acceptors (Lipinski definition) is 6. The lowest BCUT2D eigenvalue weighted by Gasteiger charge is -2.00. The Morgan fingerprint density at radius 2 is 1.61 bits per heavy atom. The van der Waals surface area contributed by atoms with Crippen molar-refractivity contribution < 1.29 is 0 Å². The number of unbranched alkanes of at least 4 members (excludes halogenated alkanes) is 2. The van der Waals surface area contributed by atoms with Gasteiger partial charge in [-0.15, -0.1) is 15.3 Å². The Bertz CT molecular complexity index is 900. The van der Waals surface area contributed by atoms with Crippen LogP contribution in [0.2, 0.25) is 0 Å². The fraction of sp³-hybridized carbons (Fsp3) is 0.250. The van der Waals surface area contributed by atoms with Crippen molar-refractivity contribution >= 4 is 11.8 Å². The van der Waals surface area contributed by atoms with E-state index in [1.165, 1.54) is 0 Å². The number of hydrogen-bond donors (Lipinski definition) is 0. The number of thioether (sulfide) groups is 1. The SMILES string of the molecule is c1ccc(-c2nnn(CCCCCSc3ncn(-c4ccccc4)n3)n2)cc1. The van der Waals surface area contributed by atoms with Crippen molar-refractivity contribution in [1.29, 1.82) is 0 Å². The van der Waals surface area contributed by atoms with Crippen molar-refractivity contribution in [3.8, 4) is 17.1 Å². The molecule has 2 aromatic heterocycles. The number of aryl methyl sites for hydroxylation is 1. The van der Waals surface area contributed by atoms with Crippen molar-refractivity contribution in [2.24, 2.45) is 0 Å². The monoisotopic (exact) mass is 391 g/mol. The van der Waals surface area contributed by atoms with Crippen LogP contribution >= 0.6 is 11.8 Å². The maximum atomic E-state index is 4.51. The highest BCUT2D eigenvalue weighted by Gasteiger charge is 2.05. The summed E-state index contributed by atoms with van der Waals surface area (Å²) in [6.45, 7) is 0.783. The summed E-state index contributed by atoms with van der Waals surface area (Å²) in [5.41, 5.74) is 2.02. The molecule has 2 heterocycles. The normalized spacial score (nSPS) is 11.0. The van der Waals surface area contributed by atoms with E-state index in [4.69, 9.17) is 0 Å². The predicted octanol–water partition coefficient (Wildman–Crippen LogP) is 3.88. The fourth-order valence-corrected chi connectivity index (χ4v) is 3.55. The molecule has 0 fully saturated rings. The molecule has 0 saturated carbocycles. The van der Waals surface area contributed by atoms with E-state index in [1.807, 2.05) is 65.3 Å². The molecule has 0 amide bonds. The van der Waals surface area contributed by atoms with Gasteiger partial charge in [0.15, 0.2) is 0 Å². The molecule has 0 saturated heterocycles. The Kier molecular flexibility index (Phi) is 6.08. The van der Waals surface area contributed by atoms with Gasteiger partial charge >= 0.3 is 0 Å². The van der Waals surface area contributed by atoms with E-state index in [2.05, 4.69) is 25.5 Å². The molecule has 4 rings (SSSR count). The minimum absolute atomic E-state index is 0.677. The number of benzene rings is 2. The average Bonchev–Trinajstić information content (AvgIpc) is 3.42. The van der Waals surface area contributed by atoms with E-state index >= 15 is 0 Å². The van der Waals surface area contributed by atoms with Gasteiger partial charge in [0.2, 0.25) is 11.0 Å². The summed E-state index contributed by atoms with van der Waals surface area (Å²) in [6, 6.07) is 19.9. The third kappa shape index (κ3) is 4.83. The van der Waals surface area contributed by atoms with Crippen LogP contribution in [0.3, 0.4) is 0 Å². The first-order chi connectivity index (χ1) is 13.9. The van der Waals surface area contributed by atoms with Gasteiger partial charge in [-0.25, -0.2) is 9.67 Å². The van der Waals surface area contributed by atoms with Gasteiger partial charge in [-0.1, -0.05) is 66.7 Å². The van der Waals surface area contributed by atoms with Gasteiger partial charge in [0.1, 0.15) is 6.33 Å². The molecule has 142 valence electrons. The molecule has 4 aromatic rings. The second-order valence-electron chi connectivity index (χ2n) is 6.29. The van der Waals surface area contributed by atoms with Crippen molar-refractivity contribution in [2.75, 3.05) is 5.75 Å².